The lowest BCUT2D eigenvalue weighted by Crippen LogP contribution is -2.41. The molecule has 0 saturated carbocycles. The van der Waals surface area contributed by atoms with Crippen molar-refractivity contribution in [2.24, 2.45) is 0 Å². The van der Waals surface area contributed by atoms with Crippen molar-refractivity contribution in [1.82, 2.24) is 30.7 Å². The van der Waals surface area contributed by atoms with Crippen LogP contribution in [-0.4, -0.2) is 84.6 Å². The summed E-state index contributed by atoms with van der Waals surface area (Å²) in [6.45, 7) is 3.69. The molecule has 0 bridgehead atoms. The van der Waals surface area contributed by atoms with Gasteiger partial charge in [0.15, 0.2) is 17.3 Å². The van der Waals surface area contributed by atoms with Gasteiger partial charge in [0, 0.05) is 38.4 Å². The summed E-state index contributed by atoms with van der Waals surface area (Å²) >= 11 is 0. The topological polar surface area (TPSA) is 154 Å². The largest absolute Gasteiger partial charge is 0.451 e. The normalized spacial score (nSPS) is 20.5. The number of benzene rings is 2. The second-order valence-corrected chi connectivity index (χ2v) is 11.8. The highest BCUT2D eigenvalue weighted by Crippen LogP contribution is 2.47. The summed E-state index contributed by atoms with van der Waals surface area (Å²) in [6.07, 6.45) is 4.03. The van der Waals surface area contributed by atoms with Crippen LogP contribution < -0.4 is 36.3 Å². The lowest BCUT2D eigenvalue weighted by molar-refractivity contribution is -0.126. The van der Waals surface area contributed by atoms with E-state index in [4.69, 9.17) is 4.74 Å². The van der Waals surface area contributed by atoms with Crippen LogP contribution in [0, 0.1) is 5.82 Å². The van der Waals surface area contributed by atoms with E-state index < -0.39 is 41.0 Å². The average molecular weight is 618 g/mol. The van der Waals surface area contributed by atoms with Gasteiger partial charge in [-0.3, -0.25) is 24.5 Å². The van der Waals surface area contributed by atoms with Gasteiger partial charge in [-0.25, -0.2) is 9.18 Å². The number of hydrogen-bond donors (Lipinski definition) is 4. The van der Waals surface area contributed by atoms with Crippen LogP contribution in [0.15, 0.2) is 41.3 Å². The maximum absolute atomic E-state index is 16.0. The van der Waals surface area contributed by atoms with E-state index in [9.17, 15) is 24.0 Å². The Morgan fingerprint density at radius 3 is 2.67 bits per heavy atom. The predicted molar refractivity (Wildman–Crippen MR) is 161 cm³/mol. The molecule has 2 atom stereocenters. The molecular formula is C31H32FN7O6. The number of carbonyl (C=O) groups is 4. The maximum Gasteiger partial charge on any atom is 0.322 e. The number of nitrogens with one attached hydrogen (secondary N) is 4. The quantitative estimate of drug-likeness (QED) is 0.216. The van der Waals surface area contributed by atoms with E-state index >= 15 is 4.39 Å². The van der Waals surface area contributed by atoms with Crippen molar-refractivity contribution < 1.29 is 28.3 Å². The van der Waals surface area contributed by atoms with Crippen LogP contribution in [-0.2, 0) is 9.59 Å². The first-order valence-electron chi connectivity index (χ1n) is 15.1. The summed E-state index contributed by atoms with van der Waals surface area (Å²) < 4.78 is 24.0. The fourth-order valence-corrected chi connectivity index (χ4v) is 6.60. The third-order valence-electron chi connectivity index (χ3n) is 8.78. The molecule has 2 aromatic carbocycles. The molecule has 7 rings (SSSR count). The Kier molecular flexibility index (Phi) is 7.36. The minimum atomic E-state index is -0.945. The number of rotatable bonds is 8. The van der Waals surface area contributed by atoms with Gasteiger partial charge in [0.25, 0.3) is 11.8 Å². The number of anilines is 1. The second-order valence-electron chi connectivity index (χ2n) is 11.8. The van der Waals surface area contributed by atoms with Gasteiger partial charge >= 0.3 is 6.03 Å². The van der Waals surface area contributed by atoms with E-state index in [0.29, 0.717) is 43.0 Å². The molecule has 3 aromatic rings. The first kappa shape index (κ1) is 28.8. The van der Waals surface area contributed by atoms with Crippen molar-refractivity contribution in [1.29, 1.82) is 0 Å². The third-order valence-corrected chi connectivity index (χ3v) is 8.78. The maximum atomic E-state index is 16.0. The van der Waals surface area contributed by atoms with Crippen molar-refractivity contribution >= 4 is 40.3 Å². The smallest absolute Gasteiger partial charge is 0.322 e. The van der Waals surface area contributed by atoms with Gasteiger partial charge < -0.3 is 35.1 Å². The zero-order valence-corrected chi connectivity index (χ0v) is 24.4. The SMILES string of the molecule is O=C(CC1NC(=O)NC1=O)NC1CCN(c2c(F)cc3c(=O)c(C(=O)NCCN4CCCC4)cn4c3c2Oc2ccccc2-4)C1. The molecule has 0 aliphatic carbocycles. The van der Waals surface area contributed by atoms with Gasteiger partial charge in [-0.05, 0) is 50.6 Å². The van der Waals surface area contributed by atoms with Crippen molar-refractivity contribution in [3.63, 3.8) is 0 Å². The number of halogens is 1. The third kappa shape index (κ3) is 5.35. The van der Waals surface area contributed by atoms with Gasteiger partial charge in [0.1, 0.15) is 22.8 Å². The number of pyridine rings is 1. The Morgan fingerprint density at radius 1 is 1.09 bits per heavy atom. The fourth-order valence-electron chi connectivity index (χ4n) is 6.60. The lowest BCUT2D eigenvalue weighted by Gasteiger charge is -2.29. The number of aromatic nitrogens is 1. The number of hydrogen-bond acceptors (Lipinski definition) is 8. The van der Waals surface area contributed by atoms with E-state index in [1.54, 1.807) is 27.7 Å². The van der Waals surface area contributed by atoms with Gasteiger partial charge in [-0.1, -0.05) is 12.1 Å². The van der Waals surface area contributed by atoms with Gasteiger partial charge in [-0.15, -0.1) is 0 Å². The zero-order valence-electron chi connectivity index (χ0n) is 24.4. The number of imide groups is 1. The number of ether oxygens (including phenoxy) is 1. The van der Waals surface area contributed by atoms with Gasteiger partial charge in [-0.2, -0.15) is 0 Å². The number of amides is 5. The molecular weight excluding hydrogens is 585 g/mol. The first-order valence-corrected chi connectivity index (χ1v) is 15.1. The molecule has 13 nitrogen and oxygen atoms in total. The molecule has 14 heteroatoms. The first-order chi connectivity index (χ1) is 21.8. The minimum absolute atomic E-state index is 0.0221. The number of fused-ring (bicyclic) bond motifs is 2. The molecule has 234 valence electrons. The molecule has 1 aromatic heterocycles. The Bertz CT molecular complexity index is 1800. The number of para-hydroxylation sites is 2. The highest BCUT2D eigenvalue weighted by atomic mass is 19.1. The second kappa shape index (κ2) is 11.5. The van der Waals surface area contributed by atoms with E-state index in [1.165, 1.54) is 6.20 Å². The van der Waals surface area contributed by atoms with Crippen LogP contribution in [0.5, 0.6) is 11.5 Å². The Morgan fingerprint density at radius 2 is 1.89 bits per heavy atom. The molecule has 3 fully saturated rings. The van der Waals surface area contributed by atoms with Gasteiger partial charge in [0.05, 0.1) is 17.5 Å². The van der Waals surface area contributed by atoms with Crippen LogP contribution in [0.25, 0.3) is 16.6 Å². The summed E-state index contributed by atoms with van der Waals surface area (Å²) in [5.41, 5.74) is 0.415. The number of urea groups is 1. The molecule has 5 amide bonds. The van der Waals surface area contributed by atoms with Crippen LogP contribution >= 0.6 is 0 Å². The molecule has 45 heavy (non-hydrogen) atoms. The highest BCUT2D eigenvalue weighted by Gasteiger charge is 2.35. The summed E-state index contributed by atoms with van der Waals surface area (Å²) in [4.78, 5) is 66.7. The zero-order chi connectivity index (χ0) is 31.2. The van der Waals surface area contributed by atoms with Gasteiger partial charge in [0.2, 0.25) is 11.3 Å². The summed E-state index contributed by atoms with van der Waals surface area (Å²) in [5, 5.41) is 10.2. The molecule has 5 heterocycles. The Labute approximate surface area is 256 Å². The van der Waals surface area contributed by atoms with E-state index in [2.05, 4.69) is 26.2 Å². The minimum Gasteiger partial charge on any atom is -0.451 e. The fraction of sp³-hybridized carbons (Fsp3) is 0.387. The van der Waals surface area contributed by atoms with E-state index in [0.717, 1.165) is 32.0 Å². The molecule has 4 N–H and O–H groups in total. The number of nitrogens with zero attached hydrogens (tertiary/aromatic N) is 3. The van der Waals surface area contributed by atoms with Crippen molar-refractivity contribution in [3.05, 3.63) is 58.1 Å². The molecule has 4 aliphatic rings. The Hall–Kier alpha value is -4.98. The lowest BCUT2D eigenvalue weighted by atomic mass is 10.1. The van der Waals surface area contributed by atoms with Crippen LogP contribution in [0.3, 0.4) is 0 Å². The van der Waals surface area contributed by atoms with Crippen LogP contribution in [0.1, 0.15) is 36.0 Å². The summed E-state index contributed by atoms with van der Waals surface area (Å²) in [5.74, 6) is -1.61. The summed E-state index contributed by atoms with van der Waals surface area (Å²) in [6, 6.07) is 6.33. The standard InChI is InChI=1S/C31H32FN7O6/c32-20-13-18-25-28(26(20)38-11-7-17(15-38)34-24(40)14-21-30(43)36-31(44)35-21)45-23-6-2-1-5-22(23)39(25)16-19(27(18)41)29(42)33-8-12-37-9-3-4-10-37/h1-2,5-6,13,16-17,21H,3-4,7-12,14-15H2,(H,33,42)(H,34,40)(H2,35,36,43,44). The molecule has 0 radical (unpaired) electrons. The van der Waals surface area contributed by atoms with E-state index in [-0.39, 0.29) is 41.4 Å². The van der Waals surface area contributed by atoms with Crippen LogP contribution in [0.2, 0.25) is 0 Å². The van der Waals surface area contributed by atoms with Crippen LogP contribution in [0.4, 0.5) is 14.9 Å². The number of likely N-dealkylation sites (tertiary alicyclic amines) is 1. The van der Waals surface area contributed by atoms with Crippen molar-refractivity contribution in [2.45, 2.75) is 37.8 Å². The highest BCUT2D eigenvalue weighted by molar-refractivity contribution is 6.06. The average Bonchev–Trinajstić information content (AvgIpc) is 3.76. The van der Waals surface area contributed by atoms with Crippen molar-refractivity contribution in [2.75, 3.05) is 44.2 Å². The molecule has 2 unspecified atom stereocenters. The summed E-state index contributed by atoms with van der Waals surface area (Å²) in [7, 11) is 0. The van der Waals surface area contributed by atoms with Crippen molar-refractivity contribution in [3.8, 4) is 17.2 Å². The molecule has 4 aliphatic heterocycles. The number of carbonyl (C=O) groups excluding carboxylic acids is 4. The van der Waals surface area contributed by atoms with E-state index in [1.807, 2.05) is 6.07 Å². The predicted octanol–water partition coefficient (Wildman–Crippen LogP) is 1.35. The monoisotopic (exact) mass is 617 g/mol. The molecule has 0 spiro atoms. The Balaban J connectivity index is 1.17. The molecule has 3 saturated heterocycles.